The van der Waals surface area contributed by atoms with E-state index in [-0.39, 0.29) is 5.28 Å². The Morgan fingerprint density at radius 3 is 2.80 bits per heavy atom. The van der Waals surface area contributed by atoms with E-state index in [0.29, 0.717) is 6.54 Å². The number of hydrogen-bond acceptors (Lipinski definition) is 4. The lowest BCUT2D eigenvalue weighted by atomic mass is 10.2. The van der Waals surface area contributed by atoms with E-state index in [9.17, 15) is 0 Å². The molecule has 0 atom stereocenters. The number of halogens is 1. The van der Waals surface area contributed by atoms with Gasteiger partial charge in [-0.25, -0.2) is 4.98 Å². The summed E-state index contributed by atoms with van der Waals surface area (Å²) in [6.45, 7) is 0.673. The molecule has 2 aromatic heterocycles. The van der Waals surface area contributed by atoms with Crippen LogP contribution >= 0.6 is 22.9 Å². The highest BCUT2D eigenvalue weighted by Gasteiger charge is 2.11. The maximum atomic E-state index is 5.97. The van der Waals surface area contributed by atoms with Gasteiger partial charge in [0.2, 0.25) is 5.28 Å². The van der Waals surface area contributed by atoms with Gasteiger partial charge >= 0.3 is 0 Å². The Morgan fingerprint density at radius 2 is 2.05 bits per heavy atom. The second kappa shape index (κ2) is 5.49. The molecule has 0 bridgehead atoms. The number of nitrogens with zero attached hydrogens (tertiary/aromatic N) is 2. The van der Waals surface area contributed by atoms with Gasteiger partial charge in [-0.2, -0.15) is 4.98 Å². The molecule has 0 aliphatic rings. The van der Waals surface area contributed by atoms with Crippen LogP contribution in [0.3, 0.4) is 0 Å². The van der Waals surface area contributed by atoms with Gasteiger partial charge in [-0.05, 0) is 17.2 Å². The van der Waals surface area contributed by atoms with Crippen LogP contribution in [0.15, 0.2) is 35.7 Å². The maximum Gasteiger partial charge on any atom is 0.225 e. The molecule has 1 aromatic carbocycles. The molecular formula is C15H10ClN3S. The first kappa shape index (κ1) is 12.9. The lowest BCUT2D eigenvalue weighted by Crippen LogP contribution is -2.02. The zero-order valence-corrected chi connectivity index (χ0v) is 12.0. The summed E-state index contributed by atoms with van der Waals surface area (Å²) < 4.78 is 0.929. The van der Waals surface area contributed by atoms with Crippen LogP contribution in [0.1, 0.15) is 11.1 Å². The highest BCUT2D eigenvalue weighted by molar-refractivity contribution is 7.18. The van der Waals surface area contributed by atoms with Gasteiger partial charge in [0.25, 0.3) is 0 Å². The lowest BCUT2D eigenvalue weighted by molar-refractivity contribution is 1.11. The molecule has 20 heavy (non-hydrogen) atoms. The maximum absolute atomic E-state index is 5.97. The van der Waals surface area contributed by atoms with E-state index in [1.807, 2.05) is 35.7 Å². The van der Waals surface area contributed by atoms with Gasteiger partial charge in [0, 0.05) is 11.9 Å². The van der Waals surface area contributed by atoms with Crippen molar-refractivity contribution in [1.29, 1.82) is 0 Å². The monoisotopic (exact) mass is 299 g/mol. The van der Waals surface area contributed by atoms with Gasteiger partial charge in [-0.15, -0.1) is 17.8 Å². The summed E-state index contributed by atoms with van der Waals surface area (Å²) >= 11 is 7.49. The third kappa shape index (κ3) is 2.46. The standard InChI is InChI=1S/C15H10ClN3S/c1-2-11-9-20-13-12(11)18-15(16)19-14(13)17-8-10-6-4-3-5-7-10/h1,3-7,9H,8H2,(H,17,18,19). The largest absolute Gasteiger partial charge is 0.365 e. The number of rotatable bonds is 3. The topological polar surface area (TPSA) is 37.8 Å². The molecule has 3 rings (SSSR count). The van der Waals surface area contributed by atoms with Crippen LogP contribution in [0.25, 0.3) is 10.2 Å². The molecule has 0 aliphatic carbocycles. The fourth-order valence-corrected chi connectivity index (χ4v) is 2.98. The number of thiophene rings is 1. The van der Waals surface area contributed by atoms with Gasteiger partial charge < -0.3 is 5.32 Å². The van der Waals surface area contributed by atoms with Crippen LogP contribution in [0.5, 0.6) is 0 Å². The first-order valence-corrected chi connectivity index (χ1v) is 7.23. The number of aromatic nitrogens is 2. The van der Waals surface area contributed by atoms with Crippen LogP contribution in [0.4, 0.5) is 5.82 Å². The van der Waals surface area contributed by atoms with Crippen molar-refractivity contribution in [3.63, 3.8) is 0 Å². The van der Waals surface area contributed by atoms with E-state index in [4.69, 9.17) is 18.0 Å². The third-order valence-electron chi connectivity index (χ3n) is 2.85. The molecule has 0 unspecified atom stereocenters. The van der Waals surface area contributed by atoms with Crippen molar-refractivity contribution < 1.29 is 0 Å². The summed E-state index contributed by atoms with van der Waals surface area (Å²) in [5.41, 5.74) is 2.65. The normalized spacial score (nSPS) is 10.4. The Morgan fingerprint density at radius 1 is 1.25 bits per heavy atom. The lowest BCUT2D eigenvalue weighted by Gasteiger charge is -2.07. The minimum atomic E-state index is 0.197. The molecule has 0 aliphatic heterocycles. The quantitative estimate of drug-likeness (QED) is 0.588. The Bertz CT molecular complexity index is 790. The molecular weight excluding hydrogens is 290 g/mol. The second-order valence-corrected chi connectivity index (χ2v) is 5.37. The molecule has 5 heteroatoms. The molecule has 0 spiro atoms. The average Bonchev–Trinajstić information content (AvgIpc) is 2.88. The first-order valence-electron chi connectivity index (χ1n) is 5.97. The van der Waals surface area contributed by atoms with Gasteiger partial charge in [0.1, 0.15) is 11.3 Å². The van der Waals surface area contributed by atoms with E-state index in [1.54, 1.807) is 0 Å². The first-order chi connectivity index (χ1) is 9.78. The summed E-state index contributed by atoms with van der Waals surface area (Å²) in [4.78, 5) is 8.45. The molecule has 98 valence electrons. The van der Waals surface area contributed by atoms with Gasteiger partial charge in [-0.1, -0.05) is 36.3 Å². The van der Waals surface area contributed by atoms with E-state index in [1.165, 1.54) is 16.9 Å². The number of fused-ring (bicyclic) bond motifs is 1. The zero-order chi connectivity index (χ0) is 13.9. The summed E-state index contributed by atoms with van der Waals surface area (Å²) in [6, 6.07) is 10.1. The van der Waals surface area contributed by atoms with E-state index < -0.39 is 0 Å². The summed E-state index contributed by atoms with van der Waals surface area (Å²) in [5.74, 6) is 3.33. The number of hydrogen-bond donors (Lipinski definition) is 1. The minimum absolute atomic E-state index is 0.197. The van der Waals surface area contributed by atoms with E-state index in [2.05, 4.69) is 21.2 Å². The molecule has 3 aromatic rings. The van der Waals surface area contributed by atoms with Crippen molar-refractivity contribution in [3.05, 3.63) is 52.1 Å². The Labute approximate surface area is 125 Å². The smallest absolute Gasteiger partial charge is 0.225 e. The number of benzene rings is 1. The predicted molar refractivity (Wildman–Crippen MR) is 84.1 cm³/mol. The highest BCUT2D eigenvalue weighted by atomic mass is 35.5. The third-order valence-corrected chi connectivity index (χ3v) is 3.99. The number of anilines is 1. The minimum Gasteiger partial charge on any atom is -0.365 e. The van der Waals surface area contributed by atoms with Crippen molar-refractivity contribution in [2.24, 2.45) is 0 Å². The van der Waals surface area contributed by atoms with E-state index >= 15 is 0 Å². The number of nitrogens with one attached hydrogen (secondary N) is 1. The summed E-state index contributed by atoms with van der Waals surface area (Å²) in [7, 11) is 0. The van der Waals surface area contributed by atoms with Gasteiger partial charge in [0.15, 0.2) is 0 Å². The zero-order valence-electron chi connectivity index (χ0n) is 10.4. The molecule has 0 fully saturated rings. The number of terminal acetylenes is 1. The second-order valence-electron chi connectivity index (χ2n) is 4.15. The highest BCUT2D eigenvalue weighted by Crippen LogP contribution is 2.30. The van der Waals surface area contributed by atoms with Crippen molar-refractivity contribution in [1.82, 2.24) is 9.97 Å². The molecule has 1 N–H and O–H groups in total. The summed E-state index contributed by atoms with van der Waals surface area (Å²) in [5, 5.41) is 5.38. The van der Waals surface area contributed by atoms with Crippen LogP contribution in [0.2, 0.25) is 5.28 Å². The van der Waals surface area contributed by atoms with Crippen molar-refractivity contribution >= 4 is 39.0 Å². The fraction of sp³-hybridized carbons (Fsp3) is 0.0667. The van der Waals surface area contributed by atoms with Crippen LogP contribution in [-0.2, 0) is 6.54 Å². The molecule has 2 heterocycles. The SMILES string of the molecule is C#Cc1csc2c(NCc3ccccc3)nc(Cl)nc12. The molecule has 3 nitrogen and oxygen atoms in total. The Hall–Kier alpha value is -2.09. The van der Waals surface area contributed by atoms with Crippen molar-refractivity contribution in [2.75, 3.05) is 5.32 Å². The van der Waals surface area contributed by atoms with Gasteiger partial charge in [-0.3, -0.25) is 0 Å². The fourth-order valence-electron chi connectivity index (χ4n) is 1.89. The molecule has 0 amide bonds. The van der Waals surface area contributed by atoms with Crippen LogP contribution in [-0.4, -0.2) is 9.97 Å². The van der Waals surface area contributed by atoms with Crippen molar-refractivity contribution in [2.45, 2.75) is 6.54 Å². The Balaban J connectivity index is 1.95. The average molecular weight is 300 g/mol. The molecule has 0 saturated carbocycles. The summed E-state index contributed by atoms with van der Waals surface area (Å²) in [6.07, 6.45) is 5.46. The van der Waals surface area contributed by atoms with E-state index in [0.717, 1.165) is 21.6 Å². The van der Waals surface area contributed by atoms with Crippen LogP contribution < -0.4 is 5.32 Å². The Kier molecular flexibility index (Phi) is 3.55. The molecule has 0 radical (unpaired) electrons. The molecule has 0 saturated heterocycles. The van der Waals surface area contributed by atoms with Gasteiger partial charge in [0.05, 0.1) is 10.3 Å². The predicted octanol–water partition coefficient (Wildman–Crippen LogP) is 3.94. The van der Waals surface area contributed by atoms with Crippen LogP contribution in [0, 0.1) is 12.3 Å². The van der Waals surface area contributed by atoms with Crippen molar-refractivity contribution in [3.8, 4) is 12.3 Å².